The zero-order valence-corrected chi connectivity index (χ0v) is 9.03. The van der Waals surface area contributed by atoms with Crippen molar-refractivity contribution in [1.82, 2.24) is 0 Å². The summed E-state index contributed by atoms with van der Waals surface area (Å²) in [6.07, 6.45) is 0. The standard InChI is InChI=1S/C11H15NO3/c1-11(2,10(13)14)12-8-5-4-6-9(7-8)15-3/h4-7,12H,1-3H3,(H,13,14)/p-1. The Morgan fingerprint density at radius 3 is 2.67 bits per heavy atom. The molecule has 0 aromatic heterocycles. The van der Waals surface area contributed by atoms with Crippen LogP contribution in [0.15, 0.2) is 24.3 Å². The Labute approximate surface area is 88.9 Å². The van der Waals surface area contributed by atoms with Crippen molar-refractivity contribution in [3.8, 4) is 5.75 Å². The average Bonchev–Trinajstić information content (AvgIpc) is 2.17. The van der Waals surface area contributed by atoms with Gasteiger partial charge in [0.1, 0.15) is 5.75 Å². The number of hydrogen-bond donors (Lipinski definition) is 1. The molecule has 1 N–H and O–H groups in total. The average molecular weight is 208 g/mol. The van der Waals surface area contributed by atoms with Crippen LogP contribution in [-0.4, -0.2) is 18.6 Å². The van der Waals surface area contributed by atoms with Crippen LogP contribution in [0.4, 0.5) is 5.69 Å². The summed E-state index contributed by atoms with van der Waals surface area (Å²) in [6.45, 7) is 3.09. The highest BCUT2D eigenvalue weighted by molar-refractivity contribution is 5.79. The van der Waals surface area contributed by atoms with Crippen molar-refractivity contribution in [3.05, 3.63) is 24.3 Å². The topological polar surface area (TPSA) is 61.4 Å². The first-order valence-electron chi connectivity index (χ1n) is 4.59. The minimum Gasteiger partial charge on any atom is -0.548 e. The minimum absolute atomic E-state index is 0.675. The van der Waals surface area contributed by atoms with E-state index in [2.05, 4.69) is 5.32 Å². The predicted octanol–water partition coefficient (Wildman–Crippen LogP) is 0.636. The molecule has 0 fully saturated rings. The normalized spacial score (nSPS) is 10.9. The fraction of sp³-hybridized carbons (Fsp3) is 0.364. The molecule has 1 rings (SSSR count). The molecule has 0 amide bonds. The van der Waals surface area contributed by atoms with Crippen LogP contribution >= 0.6 is 0 Å². The van der Waals surface area contributed by atoms with Crippen LogP contribution in [0.3, 0.4) is 0 Å². The van der Waals surface area contributed by atoms with Crippen molar-refractivity contribution < 1.29 is 14.6 Å². The number of aliphatic carboxylic acids is 1. The summed E-state index contributed by atoms with van der Waals surface area (Å²) < 4.78 is 5.03. The van der Waals surface area contributed by atoms with E-state index in [0.717, 1.165) is 0 Å². The Balaban J connectivity index is 2.85. The van der Waals surface area contributed by atoms with Gasteiger partial charge in [-0.05, 0) is 26.0 Å². The van der Waals surface area contributed by atoms with Crippen molar-refractivity contribution in [1.29, 1.82) is 0 Å². The third kappa shape index (κ3) is 2.87. The summed E-state index contributed by atoms with van der Waals surface area (Å²) in [4.78, 5) is 10.8. The van der Waals surface area contributed by atoms with E-state index in [4.69, 9.17) is 4.74 Å². The molecule has 0 unspecified atom stereocenters. The molecule has 0 radical (unpaired) electrons. The maximum Gasteiger partial charge on any atom is 0.120 e. The Morgan fingerprint density at radius 1 is 1.47 bits per heavy atom. The molecule has 0 spiro atoms. The van der Waals surface area contributed by atoms with Gasteiger partial charge in [0, 0.05) is 11.8 Å². The van der Waals surface area contributed by atoms with E-state index in [1.165, 1.54) is 0 Å². The molecule has 4 nitrogen and oxygen atoms in total. The van der Waals surface area contributed by atoms with Gasteiger partial charge in [-0.3, -0.25) is 0 Å². The molecule has 1 aromatic rings. The number of nitrogens with one attached hydrogen (secondary N) is 1. The quantitative estimate of drug-likeness (QED) is 0.788. The largest absolute Gasteiger partial charge is 0.548 e. The van der Waals surface area contributed by atoms with E-state index in [-0.39, 0.29) is 0 Å². The van der Waals surface area contributed by atoms with E-state index in [1.807, 2.05) is 0 Å². The summed E-state index contributed by atoms with van der Waals surface area (Å²) in [7, 11) is 1.56. The number of carbonyl (C=O) groups excluding carboxylic acids is 1. The molecule has 82 valence electrons. The number of hydrogen-bond acceptors (Lipinski definition) is 4. The van der Waals surface area contributed by atoms with Crippen molar-refractivity contribution in [3.63, 3.8) is 0 Å². The van der Waals surface area contributed by atoms with Gasteiger partial charge in [-0.1, -0.05) is 6.07 Å². The summed E-state index contributed by atoms with van der Waals surface area (Å²) in [5.74, 6) is -0.473. The molecular weight excluding hydrogens is 194 g/mol. The lowest BCUT2D eigenvalue weighted by Crippen LogP contribution is -2.49. The zero-order valence-electron chi connectivity index (χ0n) is 9.03. The smallest absolute Gasteiger partial charge is 0.120 e. The Kier molecular flexibility index (Phi) is 3.19. The second-order valence-corrected chi connectivity index (χ2v) is 3.77. The van der Waals surface area contributed by atoms with Gasteiger partial charge in [0.15, 0.2) is 0 Å². The van der Waals surface area contributed by atoms with E-state index < -0.39 is 11.5 Å². The van der Waals surface area contributed by atoms with Gasteiger partial charge in [-0.25, -0.2) is 0 Å². The predicted molar refractivity (Wildman–Crippen MR) is 55.7 cm³/mol. The van der Waals surface area contributed by atoms with Gasteiger partial charge >= 0.3 is 0 Å². The van der Waals surface area contributed by atoms with Gasteiger partial charge in [0.25, 0.3) is 0 Å². The molecule has 0 bridgehead atoms. The second-order valence-electron chi connectivity index (χ2n) is 3.77. The number of carbonyl (C=O) groups is 1. The Hall–Kier alpha value is -1.71. The fourth-order valence-electron chi connectivity index (χ4n) is 1.11. The lowest BCUT2D eigenvalue weighted by Gasteiger charge is -2.28. The van der Waals surface area contributed by atoms with Crippen LogP contribution in [0.5, 0.6) is 5.75 Å². The molecule has 0 aliphatic heterocycles. The molecule has 0 aliphatic carbocycles. The van der Waals surface area contributed by atoms with Crippen molar-refractivity contribution in [2.75, 3.05) is 12.4 Å². The summed E-state index contributed by atoms with van der Waals surface area (Å²) in [5, 5.41) is 13.6. The van der Waals surface area contributed by atoms with Crippen molar-refractivity contribution >= 4 is 11.7 Å². The summed E-state index contributed by atoms with van der Waals surface area (Å²) in [6, 6.07) is 7.07. The molecule has 0 heterocycles. The number of carboxylic acid groups (broad SMARTS) is 1. The lowest BCUT2D eigenvalue weighted by molar-refractivity contribution is -0.310. The number of carboxylic acids is 1. The molecular formula is C11H14NO3-. The zero-order chi connectivity index (χ0) is 11.5. The number of rotatable bonds is 4. The lowest BCUT2D eigenvalue weighted by atomic mass is 10.1. The van der Waals surface area contributed by atoms with E-state index in [1.54, 1.807) is 45.2 Å². The monoisotopic (exact) mass is 208 g/mol. The third-order valence-electron chi connectivity index (χ3n) is 2.04. The number of ether oxygens (including phenoxy) is 1. The van der Waals surface area contributed by atoms with E-state index >= 15 is 0 Å². The van der Waals surface area contributed by atoms with Crippen molar-refractivity contribution in [2.45, 2.75) is 19.4 Å². The van der Waals surface area contributed by atoms with Gasteiger partial charge in [-0.15, -0.1) is 0 Å². The molecule has 4 heteroatoms. The highest BCUT2D eigenvalue weighted by Crippen LogP contribution is 2.20. The molecule has 0 saturated carbocycles. The highest BCUT2D eigenvalue weighted by Gasteiger charge is 2.18. The van der Waals surface area contributed by atoms with Gasteiger partial charge in [-0.2, -0.15) is 0 Å². The second kappa shape index (κ2) is 4.21. The molecule has 15 heavy (non-hydrogen) atoms. The van der Waals surface area contributed by atoms with Crippen LogP contribution < -0.4 is 15.2 Å². The van der Waals surface area contributed by atoms with E-state index in [0.29, 0.717) is 11.4 Å². The first-order chi connectivity index (χ1) is 6.95. The maximum atomic E-state index is 10.8. The third-order valence-corrected chi connectivity index (χ3v) is 2.04. The molecule has 0 saturated heterocycles. The maximum absolute atomic E-state index is 10.8. The van der Waals surface area contributed by atoms with Gasteiger partial charge < -0.3 is 20.0 Å². The number of benzene rings is 1. The van der Waals surface area contributed by atoms with Crippen molar-refractivity contribution in [2.24, 2.45) is 0 Å². The SMILES string of the molecule is COc1cccc(NC(C)(C)C(=O)[O-])c1. The van der Waals surface area contributed by atoms with Crippen LogP contribution in [0.1, 0.15) is 13.8 Å². The van der Waals surface area contributed by atoms with E-state index in [9.17, 15) is 9.90 Å². The molecule has 1 aromatic carbocycles. The van der Waals surface area contributed by atoms with Gasteiger partial charge in [0.2, 0.25) is 0 Å². The Bertz CT molecular complexity index is 361. The molecule has 0 atom stereocenters. The van der Waals surface area contributed by atoms with Crippen LogP contribution in [0.2, 0.25) is 0 Å². The van der Waals surface area contributed by atoms with Gasteiger partial charge in [0.05, 0.1) is 18.6 Å². The van der Waals surface area contributed by atoms with Crippen LogP contribution in [0.25, 0.3) is 0 Å². The fourth-order valence-corrected chi connectivity index (χ4v) is 1.11. The number of anilines is 1. The van der Waals surface area contributed by atoms with Crippen LogP contribution in [-0.2, 0) is 4.79 Å². The molecule has 0 aliphatic rings. The number of methoxy groups -OCH3 is 1. The highest BCUT2D eigenvalue weighted by atomic mass is 16.5. The summed E-state index contributed by atoms with van der Waals surface area (Å²) >= 11 is 0. The first kappa shape index (κ1) is 11.4. The first-order valence-corrected chi connectivity index (χ1v) is 4.59. The minimum atomic E-state index is -1.15. The Morgan fingerprint density at radius 2 is 2.13 bits per heavy atom. The van der Waals surface area contributed by atoms with Crippen LogP contribution in [0, 0.1) is 0 Å². The summed E-state index contributed by atoms with van der Waals surface area (Å²) in [5.41, 5.74) is -0.421.